The summed E-state index contributed by atoms with van der Waals surface area (Å²) in [6, 6.07) is 5.25. The van der Waals surface area contributed by atoms with Crippen LogP contribution in [0.2, 0.25) is 0 Å². The number of allylic oxidation sites excluding steroid dienone is 3. The zero-order valence-electron chi connectivity index (χ0n) is 15.9. The van der Waals surface area contributed by atoms with Crippen molar-refractivity contribution in [1.29, 1.82) is 0 Å². The van der Waals surface area contributed by atoms with Crippen molar-refractivity contribution in [3.05, 3.63) is 59.7 Å². The highest BCUT2D eigenvalue weighted by atomic mass is 32.1. The lowest BCUT2D eigenvalue weighted by atomic mass is 10.1. The molecule has 150 valence electrons. The molecule has 0 radical (unpaired) electrons. The fourth-order valence-corrected chi connectivity index (χ4v) is 2.34. The number of hydrogen-bond donors (Lipinski definition) is 1. The summed E-state index contributed by atoms with van der Waals surface area (Å²) in [6.45, 7) is 5.85. The summed E-state index contributed by atoms with van der Waals surface area (Å²) in [5.41, 5.74) is -0.0995. The topological polar surface area (TPSA) is 21.3 Å². The number of benzene rings is 1. The van der Waals surface area contributed by atoms with Crippen LogP contribution in [0.25, 0.3) is 0 Å². The van der Waals surface area contributed by atoms with Crippen molar-refractivity contribution in [3.8, 4) is 0 Å². The smallest absolute Gasteiger partial charge is 0.377 e. The molecule has 0 aliphatic heterocycles. The van der Waals surface area contributed by atoms with Gasteiger partial charge in [0.1, 0.15) is 0 Å². The quantitative estimate of drug-likeness (QED) is 0.211. The number of ether oxygens (including phenoxy) is 1. The van der Waals surface area contributed by atoms with E-state index >= 15 is 0 Å². The van der Waals surface area contributed by atoms with E-state index in [4.69, 9.17) is 17.0 Å². The number of alkyl halides is 3. The highest BCUT2D eigenvalue weighted by Crippen LogP contribution is 2.29. The van der Waals surface area contributed by atoms with E-state index in [1.54, 1.807) is 6.07 Å². The van der Waals surface area contributed by atoms with Gasteiger partial charge in [-0.15, -0.1) is 0 Å². The molecule has 0 amide bonds. The lowest BCUT2D eigenvalue weighted by molar-refractivity contribution is -0.137. The van der Waals surface area contributed by atoms with Crippen molar-refractivity contribution < 1.29 is 17.9 Å². The molecule has 1 aromatic carbocycles. The molecule has 0 aliphatic carbocycles. The molecule has 1 N–H and O–H groups in total. The van der Waals surface area contributed by atoms with E-state index in [2.05, 4.69) is 25.2 Å². The van der Waals surface area contributed by atoms with Gasteiger partial charge < -0.3 is 10.1 Å². The third-order valence-electron chi connectivity index (χ3n) is 3.61. The summed E-state index contributed by atoms with van der Waals surface area (Å²) in [6.07, 6.45) is 6.24. The highest BCUT2D eigenvalue weighted by Gasteiger charge is 2.30. The maximum Gasteiger partial charge on any atom is 0.416 e. The third kappa shape index (κ3) is 11.6. The molecule has 1 aromatic rings. The Morgan fingerprint density at radius 3 is 2.70 bits per heavy atom. The predicted molar refractivity (Wildman–Crippen MR) is 109 cm³/mol. The van der Waals surface area contributed by atoms with Crippen LogP contribution in [0.1, 0.15) is 44.2 Å². The first kappa shape index (κ1) is 23.4. The van der Waals surface area contributed by atoms with Crippen LogP contribution in [-0.2, 0) is 17.5 Å². The Hall–Kier alpha value is -1.66. The predicted octanol–water partition coefficient (Wildman–Crippen LogP) is 6.08. The molecule has 0 heterocycles. The van der Waals surface area contributed by atoms with Crippen molar-refractivity contribution in [2.45, 2.75) is 45.9 Å². The van der Waals surface area contributed by atoms with Crippen LogP contribution in [0.4, 0.5) is 13.2 Å². The summed E-state index contributed by atoms with van der Waals surface area (Å²) in [7, 11) is 0. The number of rotatable bonds is 11. The third-order valence-corrected chi connectivity index (χ3v) is 3.89. The van der Waals surface area contributed by atoms with Crippen LogP contribution in [0, 0.1) is 5.92 Å². The van der Waals surface area contributed by atoms with Crippen molar-refractivity contribution in [2.24, 2.45) is 5.92 Å². The van der Waals surface area contributed by atoms with Crippen LogP contribution >= 0.6 is 12.2 Å². The Morgan fingerprint density at radius 2 is 2.00 bits per heavy atom. The Labute approximate surface area is 165 Å². The number of hydrogen-bond acceptors (Lipinski definition) is 2. The van der Waals surface area contributed by atoms with E-state index in [-0.39, 0.29) is 6.61 Å². The van der Waals surface area contributed by atoms with Crippen molar-refractivity contribution in [3.63, 3.8) is 0 Å². The zero-order chi connectivity index (χ0) is 20.1. The molecule has 27 heavy (non-hydrogen) atoms. The number of thiocarbonyl (C=S) groups is 1. The molecule has 0 aromatic heterocycles. The molecule has 2 nitrogen and oxygen atoms in total. The molecule has 0 atom stereocenters. The first-order chi connectivity index (χ1) is 12.8. The Kier molecular flexibility index (Phi) is 11.0. The van der Waals surface area contributed by atoms with Gasteiger partial charge in [-0.25, -0.2) is 0 Å². The average Bonchev–Trinajstić information content (AvgIpc) is 2.61. The lowest BCUT2D eigenvalue weighted by Gasteiger charge is -2.09. The molecule has 1 rings (SSSR count). The average molecular weight is 400 g/mol. The monoisotopic (exact) mass is 399 g/mol. The normalized spacial score (nSPS) is 12.4. The molecule has 6 heteroatoms. The minimum absolute atomic E-state index is 0.198. The highest BCUT2D eigenvalue weighted by molar-refractivity contribution is 7.80. The Morgan fingerprint density at radius 1 is 1.22 bits per heavy atom. The van der Waals surface area contributed by atoms with Crippen LogP contribution < -0.4 is 5.32 Å². The molecule has 0 bridgehead atoms. The largest absolute Gasteiger partial charge is 0.416 e. The SMILES string of the molecule is CC(C)CNC(=S)C=CC=CCCCCOCc1cccc(C(F)(F)F)c1. The van der Waals surface area contributed by atoms with Crippen molar-refractivity contribution in [2.75, 3.05) is 13.2 Å². The minimum atomic E-state index is -4.31. The molecule has 0 fully saturated rings. The first-order valence-electron chi connectivity index (χ1n) is 9.14. The van der Waals surface area contributed by atoms with Crippen LogP contribution in [-0.4, -0.2) is 18.1 Å². The second-order valence-electron chi connectivity index (χ2n) is 6.67. The van der Waals surface area contributed by atoms with Gasteiger partial charge >= 0.3 is 6.18 Å². The molecule has 0 aliphatic rings. The lowest BCUT2D eigenvalue weighted by Crippen LogP contribution is -2.23. The van der Waals surface area contributed by atoms with Crippen LogP contribution in [0.15, 0.2) is 48.6 Å². The van der Waals surface area contributed by atoms with Crippen LogP contribution in [0.5, 0.6) is 0 Å². The summed E-state index contributed by atoms with van der Waals surface area (Å²) in [4.78, 5) is 0.733. The summed E-state index contributed by atoms with van der Waals surface area (Å²) >= 11 is 5.18. The van der Waals surface area contributed by atoms with E-state index in [1.807, 2.05) is 18.2 Å². The number of unbranched alkanes of at least 4 members (excludes halogenated alkanes) is 2. The molecule has 0 unspecified atom stereocenters. The van der Waals surface area contributed by atoms with Gasteiger partial charge in [0.25, 0.3) is 0 Å². The Bertz CT molecular complexity index is 624. The van der Waals surface area contributed by atoms with Crippen molar-refractivity contribution in [1.82, 2.24) is 5.32 Å². The summed E-state index contributed by atoms with van der Waals surface area (Å²) in [5, 5.41) is 3.16. The molecule has 0 saturated heterocycles. The zero-order valence-corrected chi connectivity index (χ0v) is 16.7. The van der Waals surface area contributed by atoms with Gasteiger partial charge in [0, 0.05) is 13.2 Å². The van der Waals surface area contributed by atoms with Gasteiger partial charge in [-0.3, -0.25) is 0 Å². The van der Waals surface area contributed by atoms with E-state index < -0.39 is 11.7 Å². The van der Waals surface area contributed by atoms with E-state index in [1.165, 1.54) is 6.07 Å². The van der Waals surface area contributed by atoms with Crippen molar-refractivity contribution >= 4 is 17.2 Å². The van der Waals surface area contributed by atoms with Gasteiger partial charge in [0.05, 0.1) is 17.2 Å². The van der Waals surface area contributed by atoms with Crippen LogP contribution in [0.3, 0.4) is 0 Å². The van der Waals surface area contributed by atoms with Gasteiger partial charge in [0.15, 0.2) is 0 Å². The van der Waals surface area contributed by atoms with E-state index in [9.17, 15) is 13.2 Å². The minimum Gasteiger partial charge on any atom is -0.377 e. The molecular formula is C21H28F3NOS. The summed E-state index contributed by atoms with van der Waals surface area (Å²) < 4.78 is 43.4. The van der Waals surface area contributed by atoms with Gasteiger partial charge in [0.2, 0.25) is 0 Å². The fraction of sp³-hybridized carbons (Fsp3) is 0.476. The number of halogens is 3. The fourth-order valence-electron chi connectivity index (χ4n) is 2.18. The first-order valence-corrected chi connectivity index (χ1v) is 9.55. The molecular weight excluding hydrogens is 371 g/mol. The summed E-state index contributed by atoms with van der Waals surface area (Å²) in [5.74, 6) is 0.558. The van der Waals surface area contributed by atoms with Gasteiger partial charge in [-0.1, -0.05) is 56.4 Å². The maximum atomic E-state index is 12.6. The Balaban J connectivity index is 2.12. The second kappa shape index (κ2) is 12.7. The maximum absolute atomic E-state index is 12.6. The molecule has 0 spiro atoms. The van der Waals surface area contributed by atoms with Gasteiger partial charge in [-0.05, 0) is 49.0 Å². The standard InChI is InChI=1S/C21H28F3NOS/c1-17(2)15-25-20(27)12-7-5-3-4-6-8-13-26-16-18-10-9-11-19(14-18)21(22,23)24/h3,5,7,9-12,14,17H,4,6,8,13,15-16H2,1-2H3,(H,25,27). The van der Waals surface area contributed by atoms with Gasteiger partial charge in [-0.2, -0.15) is 13.2 Å². The number of nitrogens with one attached hydrogen (secondary N) is 1. The van der Waals surface area contributed by atoms with E-state index in [0.29, 0.717) is 18.1 Å². The molecule has 0 saturated carbocycles. The van der Waals surface area contributed by atoms with E-state index in [0.717, 1.165) is 42.9 Å². The second-order valence-corrected chi connectivity index (χ2v) is 7.11.